The Morgan fingerprint density at radius 2 is 1.23 bits per heavy atom. The second kappa shape index (κ2) is 7.53. The van der Waals surface area contributed by atoms with Crippen molar-refractivity contribution in [2.75, 3.05) is 0 Å². The zero-order chi connectivity index (χ0) is 20.5. The van der Waals surface area contributed by atoms with Gasteiger partial charge in [0.05, 0.1) is 39.4 Å². The van der Waals surface area contributed by atoms with Crippen molar-refractivity contribution in [2.24, 2.45) is 0 Å². The minimum Gasteiger partial charge on any atom is -0.355 e. The lowest BCUT2D eigenvalue weighted by Crippen LogP contribution is -1.89. The molecule has 3 aromatic heterocycles. The fourth-order valence-electron chi connectivity index (χ4n) is 3.46. The first kappa shape index (κ1) is 18.2. The van der Waals surface area contributed by atoms with Crippen molar-refractivity contribution >= 4 is 66.9 Å². The molecule has 0 saturated carbocycles. The third-order valence-electron chi connectivity index (χ3n) is 4.77. The molecule has 0 atom stereocenters. The van der Waals surface area contributed by atoms with Crippen LogP contribution in [0.3, 0.4) is 0 Å². The van der Waals surface area contributed by atoms with E-state index in [0.717, 1.165) is 56.0 Å². The van der Waals surface area contributed by atoms with Crippen LogP contribution in [0.5, 0.6) is 0 Å². The van der Waals surface area contributed by atoms with Gasteiger partial charge in [0, 0.05) is 16.6 Å². The quantitative estimate of drug-likeness (QED) is 0.302. The number of aromatic nitrogens is 4. The molecule has 0 fully saturated rings. The lowest BCUT2D eigenvalue weighted by molar-refractivity contribution is 1.25. The first-order valence-corrected chi connectivity index (χ1v) is 10.2. The van der Waals surface area contributed by atoms with Crippen molar-refractivity contribution in [3.05, 3.63) is 70.3 Å². The molecule has 30 heavy (non-hydrogen) atoms. The summed E-state index contributed by atoms with van der Waals surface area (Å²) >= 11 is 0. The van der Waals surface area contributed by atoms with Gasteiger partial charge in [0.25, 0.3) is 0 Å². The van der Waals surface area contributed by atoms with Crippen LogP contribution < -0.4 is 0 Å². The molecule has 136 valence electrons. The van der Waals surface area contributed by atoms with Crippen LogP contribution in [0.4, 0.5) is 0 Å². The lowest BCUT2D eigenvalue weighted by atomic mass is 10.1. The van der Waals surface area contributed by atoms with E-state index in [9.17, 15) is 0 Å². The fourth-order valence-corrected chi connectivity index (χ4v) is 3.71. The molecule has 8 bridgehead atoms. The highest BCUT2D eigenvalue weighted by Crippen LogP contribution is 2.23. The molecule has 2 aliphatic heterocycles. The molecule has 0 spiro atoms. The van der Waals surface area contributed by atoms with Crippen LogP contribution in [0.2, 0.25) is 0 Å². The maximum Gasteiger partial charge on any atom is 0.147 e. The van der Waals surface area contributed by atoms with E-state index < -0.39 is 0 Å². The third kappa shape index (κ3) is 3.35. The zero-order valence-electron chi connectivity index (χ0n) is 15.7. The largest absolute Gasteiger partial charge is 0.355 e. The van der Waals surface area contributed by atoms with Crippen molar-refractivity contribution in [3.63, 3.8) is 0 Å². The monoisotopic (exact) mass is 412 g/mol. The third-order valence-corrected chi connectivity index (χ3v) is 5.02. The summed E-state index contributed by atoms with van der Waals surface area (Å²) in [5, 5.41) is 0. The summed E-state index contributed by atoms with van der Waals surface area (Å²) in [5.74, 6) is 6.20. The SMILES string of the molecule is [Si]C#Cc1c2nc(cc3ccc(cc4ccc([nH]4)c(C#C[Si])c4nc1C=C4)[nH]3)C=C2. The van der Waals surface area contributed by atoms with Gasteiger partial charge in [0.15, 0.2) is 0 Å². The molecule has 2 aliphatic rings. The Morgan fingerprint density at radius 1 is 0.633 bits per heavy atom. The van der Waals surface area contributed by atoms with Crippen LogP contribution in [0.15, 0.2) is 36.4 Å². The summed E-state index contributed by atoms with van der Waals surface area (Å²) in [6, 6.07) is 12.2. The Hall–Kier alpha value is -3.85. The maximum atomic E-state index is 4.81. The van der Waals surface area contributed by atoms with E-state index in [1.54, 1.807) is 0 Å². The Balaban J connectivity index is 1.95. The van der Waals surface area contributed by atoms with Crippen molar-refractivity contribution in [2.45, 2.75) is 0 Å². The normalized spacial score (nSPS) is 11.5. The van der Waals surface area contributed by atoms with Gasteiger partial charge in [-0.05, 0) is 60.7 Å². The van der Waals surface area contributed by atoms with Crippen molar-refractivity contribution in [1.82, 2.24) is 19.9 Å². The topological polar surface area (TPSA) is 57.4 Å². The summed E-state index contributed by atoms with van der Waals surface area (Å²) in [7, 11) is 6.54. The number of nitrogens with zero attached hydrogens (tertiary/aromatic N) is 2. The summed E-state index contributed by atoms with van der Waals surface area (Å²) in [5.41, 5.74) is 14.1. The molecule has 2 N–H and O–H groups in total. The van der Waals surface area contributed by atoms with Crippen LogP contribution >= 0.6 is 0 Å². The standard InChI is InChI=1S/C24H12N4Si2/c29-11-9-19-21-5-3-17(26-21)13-15-1-2-16(25-15)14-18-4-6-22(27-18)20(10-12-30)24-8-7-23(19)28-24/h1-8,13-14,25-26H. The van der Waals surface area contributed by atoms with Gasteiger partial charge in [0.2, 0.25) is 0 Å². The highest BCUT2D eigenvalue weighted by Gasteiger charge is 2.12. The van der Waals surface area contributed by atoms with E-state index in [1.165, 1.54) is 0 Å². The van der Waals surface area contributed by atoms with Gasteiger partial charge in [-0.2, -0.15) is 0 Å². The van der Waals surface area contributed by atoms with Gasteiger partial charge in [0.1, 0.15) is 20.5 Å². The van der Waals surface area contributed by atoms with E-state index in [2.05, 4.69) is 59.4 Å². The van der Waals surface area contributed by atoms with Crippen LogP contribution in [-0.2, 0) is 0 Å². The number of nitrogens with one attached hydrogen (secondary N) is 2. The number of aromatic amines is 2. The van der Waals surface area contributed by atoms with E-state index in [4.69, 9.17) is 9.97 Å². The Morgan fingerprint density at radius 3 is 2.03 bits per heavy atom. The van der Waals surface area contributed by atoms with Gasteiger partial charge < -0.3 is 9.97 Å². The molecule has 4 nitrogen and oxygen atoms in total. The van der Waals surface area contributed by atoms with E-state index in [0.29, 0.717) is 0 Å². The predicted octanol–water partition coefficient (Wildman–Crippen LogP) is 3.61. The predicted molar refractivity (Wildman–Crippen MR) is 124 cm³/mol. The molecular weight excluding hydrogens is 400 g/mol. The lowest BCUT2D eigenvalue weighted by Gasteiger charge is -1.95. The summed E-state index contributed by atoms with van der Waals surface area (Å²) < 4.78 is 0. The van der Waals surface area contributed by atoms with Gasteiger partial charge in [-0.25, -0.2) is 9.97 Å². The highest BCUT2D eigenvalue weighted by molar-refractivity contribution is 6.22. The first-order valence-electron chi connectivity index (χ1n) is 9.19. The van der Waals surface area contributed by atoms with Gasteiger partial charge >= 0.3 is 0 Å². The molecule has 5 heterocycles. The average molecular weight is 413 g/mol. The summed E-state index contributed by atoms with van der Waals surface area (Å²) in [6.07, 6.45) is 7.83. The molecule has 0 aromatic carbocycles. The fraction of sp³-hybridized carbons (Fsp3) is 0. The molecule has 6 heteroatoms. The minimum atomic E-state index is 0.751. The molecule has 0 unspecified atom stereocenters. The van der Waals surface area contributed by atoms with E-state index in [-0.39, 0.29) is 0 Å². The minimum absolute atomic E-state index is 0.751. The van der Waals surface area contributed by atoms with Gasteiger partial charge in [-0.1, -0.05) is 11.8 Å². The number of fused-ring (bicyclic) bond motifs is 8. The van der Waals surface area contributed by atoms with Gasteiger partial charge in [-0.15, -0.1) is 11.1 Å². The Labute approximate surface area is 180 Å². The maximum absolute atomic E-state index is 4.81. The second-order valence-corrected chi connectivity index (χ2v) is 7.21. The summed E-state index contributed by atoms with van der Waals surface area (Å²) in [4.78, 5) is 16.4. The van der Waals surface area contributed by atoms with Crippen molar-refractivity contribution in [1.29, 1.82) is 0 Å². The summed E-state index contributed by atoms with van der Waals surface area (Å²) in [6.45, 7) is 0. The van der Waals surface area contributed by atoms with E-state index >= 15 is 0 Å². The Bertz CT molecular complexity index is 1530. The highest BCUT2D eigenvalue weighted by atomic mass is 28.1. The molecule has 0 saturated heterocycles. The van der Waals surface area contributed by atoms with Crippen LogP contribution in [0.1, 0.15) is 33.9 Å². The zero-order valence-corrected chi connectivity index (χ0v) is 17.7. The number of H-pyrrole nitrogens is 2. The second-order valence-electron chi connectivity index (χ2n) is 6.71. The Kier molecular flexibility index (Phi) is 4.57. The van der Waals surface area contributed by atoms with Crippen LogP contribution in [-0.4, -0.2) is 40.4 Å². The van der Waals surface area contributed by atoms with E-state index in [1.807, 2.05) is 54.6 Å². The van der Waals surface area contributed by atoms with Gasteiger partial charge in [-0.3, -0.25) is 0 Å². The first-order chi connectivity index (χ1) is 14.7. The van der Waals surface area contributed by atoms with Crippen molar-refractivity contribution in [3.8, 4) is 22.9 Å². The van der Waals surface area contributed by atoms with Crippen LogP contribution in [0.25, 0.3) is 46.4 Å². The van der Waals surface area contributed by atoms with Crippen LogP contribution in [0, 0.1) is 22.9 Å². The van der Waals surface area contributed by atoms with Crippen molar-refractivity contribution < 1.29 is 0 Å². The molecule has 3 aromatic rings. The molecule has 6 radical (unpaired) electrons. The molecule has 0 aliphatic carbocycles. The number of rotatable bonds is 0. The average Bonchev–Trinajstić information content (AvgIpc) is 3.53. The molecular formula is C24H12N4Si2. The number of hydrogen-bond donors (Lipinski definition) is 2. The number of hydrogen-bond acceptors (Lipinski definition) is 2. The molecule has 0 amide bonds. The molecule has 5 rings (SSSR count). The smallest absolute Gasteiger partial charge is 0.147 e.